The number of hydrogen-bond donors (Lipinski definition) is 0. The van der Waals surface area contributed by atoms with Gasteiger partial charge in [0.1, 0.15) is 17.7 Å². The maximum Gasteiger partial charge on any atom is 0.326 e. The first-order chi connectivity index (χ1) is 16.1. The van der Waals surface area contributed by atoms with Crippen molar-refractivity contribution in [2.45, 2.75) is 38.8 Å². The Balaban J connectivity index is 1.37. The first kappa shape index (κ1) is 21.7. The number of fused-ring (bicyclic) bond motifs is 1. The number of piperidine rings is 1. The molecule has 2 aliphatic heterocycles. The zero-order valence-corrected chi connectivity index (χ0v) is 19.0. The molecule has 7 nitrogen and oxygen atoms in total. The third kappa shape index (κ3) is 3.93. The Bertz CT molecular complexity index is 1140. The second-order valence-corrected chi connectivity index (χ2v) is 8.59. The Morgan fingerprint density at radius 3 is 2.70 bits per heavy atom. The van der Waals surface area contributed by atoms with E-state index in [9.17, 15) is 9.18 Å². The van der Waals surface area contributed by atoms with E-state index in [0.29, 0.717) is 25.3 Å². The molecule has 2 fully saturated rings. The van der Waals surface area contributed by atoms with Crippen molar-refractivity contribution in [3.8, 4) is 5.75 Å². The summed E-state index contributed by atoms with van der Waals surface area (Å²) in [5.74, 6) is 0.655. The van der Waals surface area contributed by atoms with Gasteiger partial charge in [-0.2, -0.15) is 0 Å². The van der Waals surface area contributed by atoms with Crippen molar-refractivity contribution < 1.29 is 18.4 Å². The molecule has 2 aromatic carbocycles. The van der Waals surface area contributed by atoms with E-state index in [2.05, 4.69) is 10.1 Å². The maximum absolute atomic E-state index is 13.5. The van der Waals surface area contributed by atoms with Gasteiger partial charge in [-0.05, 0) is 51.0 Å². The molecule has 8 heteroatoms. The quantitative estimate of drug-likeness (QED) is 0.536. The van der Waals surface area contributed by atoms with E-state index in [1.165, 1.54) is 12.1 Å². The third-order valence-corrected chi connectivity index (χ3v) is 6.76. The van der Waals surface area contributed by atoms with Crippen LogP contribution in [0.1, 0.15) is 38.3 Å². The lowest BCUT2D eigenvalue weighted by Crippen LogP contribution is -2.50. The van der Waals surface area contributed by atoms with Crippen molar-refractivity contribution in [1.29, 1.82) is 0 Å². The molecule has 3 heterocycles. The summed E-state index contributed by atoms with van der Waals surface area (Å²) in [4.78, 5) is 19.5. The summed E-state index contributed by atoms with van der Waals surface area (Å²) in [5, 5.41) is 5.15. The molecular formula is C25H29FN4O3. The fraction of sp³-hybridized carbons (Fsp3) is 0.440. The fourth-order valence-electron chi connectivity index (χ4n) is 5.07. The summed E-state index contributed by atoms with van der Waals surface area (Å²) in [6.45, 7) is 7.50. The Morgan fingerprint density at radius 2 is 1.94 bits per heavy atom. The molecule has 0 aliphatic carbocycles. The van der Waals surface area contributed by atoms with Gasteiger partial charge in [-0.25, -0.2) is 9.18 Å². The molecule has 5 rings (SSSR count). The predicted octanol–water partition coefficient (Wildman–Crippen LogP) is 4.83. The van der Waals surface area contributed by atoms with Crippen molar-refractivity contribution in [3.05, 3.63) is 54.0 Å². The molecule has 0 saturated carbocycles. The van der Waals surface area contributed by atoms with Gasteiger partial charge >= 0.3 is 6.03 Å². The number of ether oxygens (including phenoxy) is 1. The zero-order chi connectivity index (χ0) is 22.9. The van der Waals surface area contributed by atoms with Crippen LogP contribution in [0.4, 0.5) is 14.9 Å². The predicted molar refractivity (Wildman–Crippen MR) is 124 cm³/mol. The first-order valence-corrected chi connectivity index (χ1v) is 11.7. The van der Waals surface area contributed by atoms with E-state index in [1.807, 2.05) is 47.9 Å². The van der Waals surface area contributed by atoms with E-state index < -0.39 is 0 Å². The summed E-state index contributed by atoms with van der Waals surface area (Å²) < 4.78 is 24.7. The van der Waals surface area contributed by atoms with Crippen molar-refractivity contribution in [2.24, 2.45) is 0 Å². The number of aromatic nitrogens is 1. The van der Waals surface area contributed by atoms with Crippen molar-refractivity contribution in [1.82, 2.24) is 15.0 Å². The molecule has 1 aromatic heterocycles. The van der Waals surface area contributed by atoms with Gasteiger partial charge < -0.3 is 14.2 Å². The number of rotatable bonds is 6. The molecule has 0 N–H and O–H groups in total. The average Bonchev–Trinajstić information content (AvgIpc) is 3.40. The monoisotopic (exact) mass is 452 g/mol. The smallest absolute Gasteiger partial charge is 0.326 e. The number of likely N-dealkylation sites (tertiary alicyclic amines) is 1. The number of likely N-dealkylation sites (N-methyl/N-ethyl adjacent to an activating group) is 1. The minimum atomic E-state index is -0.321. The van der Waals surface area contributed by atoms with E-state index in [1.54, 1.807) is 6.07 Å². The van der Waals surface area contributed by atoms with Crippen LogP contribution in [0.5, 0.6) is 5.75 Å². The van der Waals surface area contributed by atoms with Crippen molar-refractivity contribution in [3.63, 3.8) is 0 Å². The number of anilines is 1. The van der Waals surface area contributed by atoms with E-state index in [-0.39, 0.29) is 23.9 Å². The van der Waals surface area contributed by atoms with Crippen LogP contribution < -0.4 is 9.64 Å². The number of amides is 2. The molecule has 1 unspecified atom stereocenters. The first-order valence-electron chi connectivity index (χ1n) is 11.7. The largest absolute Gasteiger partial charge is 0.492 e. The normalized spacial score (nSPS) is 20.2. The van der Waals surface area contributed by atoms with Crippen molar-refractivity contribution in [2.75, 3.05) is 37.7 Å². The van der Waals surface area contributed by atoms with Crippen LogP contribution >= 0.6 is 0 Å². The summed E-state index contributed by atoms with van der Waals surface area (Å²) in [7, 11) is 0. The molecule has 0 bridgehead atoms. The topological polar surface area (TPSA) is 62.1 Å². The third-order valence-electron chi connectivity index (χ3n) is 6.76. The fourth-order valence-corrected chi connectivity index (χ4v) is 5.07. The highest BCUT2D eigenvalue weighted by atomic mass is 19.1. The Labute approximate surface area is 192 Å². The van der Waals surface area contributed by atoms with Crippen LogP contribution in [0.15, 0.2) is 47.0 Å². The summed E-state index contributed by atoms with van der Waals surface area (Å²) in [6, 6.07) is 12.4. The van der Waals surface area contributed by atoms with E-state index in [4.69, 9.17) is 9.26 Å². The van der Waals surface area contributed by atoms with Crippen LogP contribution in [-0.4, -0.2) is 59.9 Å². The Morgan fingerprint density at radius 1 is 1.15 bits per heavy atom. The van der Waals surface area contributed by atoms with Crippen LogP contribution in [0.25, 0.3) is 11.0 Å². The number of urea groups is 1. The standard InChI is InChI=1S/C25H29FN4O3/c1-3-28-16-23(30(25(28)31)20-7-5-6-8-21(20)32-4-2)29-13-11-17(12-14-29)24-19-10-9-18(26)15-22(19)33-27-24/h5-10,15,17,23H,3-4,11-14,16H2,1-2H3. The van der Waals surface area contributed by atoms with Crippen LogP contribution in [0.3, 0.4) is 0 Å². The molecule has 2 amide bonds. The second kappa shape index (κ2) is 9.02. The molecule has 2 aliphatic rings. The van der Waals surface area contributed by atoms with Crippen molar-refractivity contribution >= 4 is 22.7 Å². The summed E-state index contributed by atoms with van der Waals surface area (Å²) in [6.07, 6.45) is 1.75. The van der Waals surface area contributed by atoms with Crippen LogP contribution in [0.2, 0.25) is 0 Å². The van der Waals surface area contributed by atoms with Gasteiger partial charge in [0.15, 0.2) is 5.58 Å². The number of benzene rings is 2. The lowest BCUT2D eigenvalue weighted by Gasteiger charge is -2.38. The second-order valence-electron chi connectivity index (χ2n) is 8.59. The van der Waals surface area contributed by atoms with Gasteiger partial charge in [0.05, 0.1) is 24.5 Å². The number of para-hydroxylation sites is 2. The molecule has 1 atom stereocenters. The number of nitrogens with zero attached hydrogens (tertiary/aromatic N) is 4. The van der Waals surface area contributed by atoms with Gasteiger partial charge in [0, 0.05) is 37.0 Å². The Kier molecular flexibility index (Phi) is 5.93. The minimum Gasteiger partial charge on any atom is -0.492 e. The van der Waals surface area contributed by atoms with E-state index in [0.717, 1.165) is 48.4 Å². The van der Waals surface area contributed by atoms with Crippen LogP contribution in [-0.2, 0) is 0 Å². The lowest BCUT2D eigenvalue weighted by molar-refractivity contribution is 0.151. The molecule has 0 spiro atoms. The zero-order valence-electron chi connectivity index (χ0n) is 19.0. The van der Waals surface area contributed by atoms with Crippen LogP contribution in [0, 0.1) is 5.82 Å². The molecule has 3 aromatic rings. The lowest BCUT2D eigenvalue weighted by atomic mass is 9.91. The molecule has 0 radical (unpaired) electrons. The molecule has 174 valence electrons. The minimum absolute atomic E-state index is 0.0151. The average molecular weight is 453 g/mol. The number of carbonyl (C=O) groups excluding carboxylic acids is 1. The van der Waals surface area contributed by atoms with Gasteiger partial charge in [-0.1, -0.05) is 17.3 Å². The Hall–Kier alpha value is -3.13. The van der Waals surface area contributed by atoms with Gasteiger partial charge in [-0.15, -0.1) is 0 Å². The highest BCUT2D eigenvalue weighted by Crippen LogP contribution is 2.38. The summed E-state index contributed by atoms with van der Waals surface area (Å²) in [5.41, 5.74) is 2.21. The van der Waals surface area contributed by atoms with Gasteiger partial charge in [0.25, 0.3) is 0 Å². The molecule has 33 heavy (non-hydrogen) atoms. The van der Waals surface area contributed by atoms with Gasteiger partial charge in [0.2, 0.25) is 0 Å². The van der Waals surface area contributed by atoms with E-state index >= 15 is 0 Å². The van der Waals surface area contributed by atoms with Gasteiger partial charge in [-0.3, -0.25) is 9.80 Å². The number of halogens is 1. The number of carbonyl (C=O) groups is 1. The molecular weight excluding hydrogens is 423 g/mol. The highest BCUT2D eigenvalue weighted by molar-refractivity contribution is 5.96. The molecule has 2 saturated heterocycles. The summed E-state index contributed by atoms with van der Waals surface area (Å²) >= 11 is 0. The maximum atomic E-state index is 13.5. The highest BCUT2D eigenvalue weighted by Gasteiger charge is 2.43. The number of hydrogen-bond acceptors (Lipinski definition) is 5. The SMILES string of the molecule is CCOc1ccccc1N1C(=O)N(CC)CC1N1CCC(c2noc3cc(F)ccc23)CC1.